The zero-order valence-corrected chi connectivity index (χ0v) is 25.5. The molecule has 232 valence electrons. The molecule has 8 N–H and O–H groups in total. The van der Waals surface area contributed by atoms with E-state index >= 15 is 0 Å². The van der Waals surface area contributed by atoms with Crippen molar-refractivity contribution < 1.29 is 34.2 Å². The largest absolute Gasteiger partial charge is 0.477 e. The number of thiazole rings is 1. The molecule has 3 aromatic heterocycles. The lowest BCUT2D eigenvalue weighted by Gasteiger charge is -2.49. The molecular weight excluding hydrogens is 637 g/mol. The number of hydrazine groups is 1. The van der Waals surface area contributed by atoms with E-state index in [4.69, 9.17) is 16.4 Å². The van der Waals surface area contributed by atoms with Crippen molar-refractivity contribution in [3.8, 4) is 0 Å². The van der Waals surface area contributed by atoms with Gasteiger partial charge in [0.25, 0.3) is 17.7 Å². The fraction of sp³-hybridized carbons (Fsp3) is 0.333. The fourth-order valence-electron chi connectivity index (χ4n) is 4.26. The molecule has 0 radical (unpaired) electrons. The maximum absolute atomic E-state index is 13.3. The average molecular weight is 663 g/mol. The normalized spacial score (nSPS) is 18.6. The molecule has 5 heterocycles. The minimum atomic E-state index is -1.56. The zero-order chi connectivity index (χ0) is 31.8. The van der Waals surface area contributed by atoms with E-state index in [2.05, 4.69) is 25.5 Å². The first kappa shape index (κ1) is 31.2. The van der Waals surface area contributed by atoms with Gasteiger partial charge in [0.05, 0.1) is 18.5 Å². The predicted octanol–water partition coefficient (Wildman–Crippen LogP) is -0.720. The van der Waals surface area contributed by atoms with Crippen molar-refractivity contribution in [2.24, 2.45) is 11.0 Å². The molecular formula is C24H26N10O7S3. The standard InChI is InChI=1S/C24H26N10O7S3/c1-24(2,22(40)31-26)41-32-15(12-9-44-23(25)29-12)18(36)30-16-19(37)33-17(21(38)39)10(8-43-20(16)33)7-42-14-5-11(6-35)28-13-3-4-27-34(13)14/h3-5,9,16,20,35H,6-8,26H2,1-2H3,(H2,25,29)(H,30,36)(H,31,40)(H,38,39)/b32-15-/t16?,20-/m1/s1. The first-order valence-corrected chi connectivity index (χ1v) is 15.6. The predicted molar refractivity (Wildman–Crippen MR) is 160 cm³/mol. The summed E-state index contributed by atoms with van der Waals surface area (Å²) in [6, 6.07) is 2.27. The third-order valence-electron chi connectivity index (χ3n) is 6.50. The Hall–Kier alpha value is -4.24. The number of carboxylic acid groups (broad SMARTS) is 1. The molecule has 1 saturated heterocycles. The van der Waals surface area contributed by atoms with Crippen molar-refractivity contribution in [3.05, 3.63) is 46.4 Å². The van der Waals surface area contributed by atoms with Gasteiger partial charge in [0.15, 0.2) is 16.5 Å². The second-order valence-corrected chi connectivity index (χ2v) is 12.8. The maximum atomic E-state index is 13.3. The Bertz CT molecular complexity index is 1720. The number of nitrogens with two attached hydrogens (primary N) is 2. The molecule has 2 aliphatic heterocycles. The Morgan fingerprint density at radius 3 is 2.75 bits per heavy atom. The highest BCUT2D eigenvalue weighted by Crippen LogP contribution is 2.41. The number of thioether (sulfide) groups is 2. The van der Waals surface area contributed by atoms with Crippen molar-refractivity contribution >= 4 is 75.0 Å². The number of amides is 3. The van der Waals surface area contributed by atoms with Crippen LogP contribution < -0.4 is 22.3 Å². The Balaban J connectivity index is 1.34. The van der Waals surface area contributed by atoms with Crippen molar-refractivity contribution in [3.63, 3.8) is 0 Å². The van der Waals surface area contributed by atoms with E-state index < -0.39 is 40.7 Å². The van der Waals surface area contributed by atoms with Crippen LogP contribution >= 0.6 is 34.9 Å². The van der Waals surface area contributed by atoms with Crippen LogP contribution in [0.2, 0.25) is 0 Å². The third-order valence-corrected chi connectivity index (χ3v) is 9.59. The van der Waals surface area contributed by atoms with Gasteiger partial charge in [0, 0.05) is 23.0 Å². The van der Waals surface area contributed by atoms with Gasteiger partial charge in [-0.3, -0.25) is 24.7 Å². The minimum Gasteiger partial charge on any atom is -0.477 e. The number of nitrogen functional groups attached to an aromatic ring is 1. The molecule has 3 aromatic rings. The van der Waals surface area contributed by atoms with E-state index in [-0.39, 0.29) is 40.3 Å². The van der Waals surface area contributed by atoms with Gasteiger partial charge in [-0.15, -0.1) is 34.9 Å². The molecule has 17 nitrogen and oxygen atoms in total. The number of carbonyl (C=O) groups is 4. The molecule has 0 bridgehead atoms. The molecule has 3 amide bonds. The van der Waals surface area contributed by atoms with Crippen LogP contribution in [-0.4, -0.2) is 92.6 Å². The van der Waals surface area contributed by atoms with Crippen LogP contribution in [0.1, 0.15) is 25.2 Å². The molecule has 2 atom stereocenters. The van der Waals surface area contributed by atoms with Gasteiger partial charge in [-0.05, 0) is 25.5 Å². The summed E-state index contributed by atoms with van der Waals surface area (Å²) in [4.78, 5) is 65.8. The minimum absolute atomic E-state index is 0.0473. The van der Waals surface area contributed by atoms with Crippen LogP contribution in [-0.2, 0) is 30.6 Å². The molecule has 5 rings (SSSR count). The van der Waals surface area contributed by atoms with E-state index in [9.17, 15) is 29.4 Å². The maximum Gasteiger partial charge on any atom is 0.352 e. The number of nitrogens with zero attached hydrogens (tertiary/aromatic N) is 6. The number of aliphatic hydroxyl groups excluding tert-OH is 1. The molecule has 2 aliphatic rings. The van der Waals surface area contributed by atoms with Crippen molar-refractivity contribution in [1.82, 2.24) is 35.2 Å². The second-order valence-electron chi connectivity index (χ2n) is 9.84. The molecule has 0 aliphatic carbocycles. The first-order valence-electron chi connectivity index (χ1n) is 12.7. The summed E-state index contributed by atoms with van der Waals surface area (Å²) in [5.41, 5.74) is 7.11. The number of carbonyl (C=O) groups excluding carboxylic acids is 3. The smallest absolute Gasteiger partial charge is 0.352 e. The quantitative estimate of drug-likeness (QED) is 0.0282. The van der Waals surface area contributed by atoms with E-state index in [1.54, 1.807) is 22.8 Å². The number of β-lactam (4-membered cyclic amide) rings is 1. The Morgan fingerprint density at radius 2 is 2.09 bits per heavy atom. The van der Waals surface area contributed by atoms with Gasteiger partial charge in [0.2, 0.25) is 5.60 Å². The SMILES string of the molecule is CC(C)(O/N=C(\C(=O)NC1C(=O)N2C(C(=O)O)=C(CSc3cc(CO)nc4ccnn34)CS[C@H]12)c1csc(N)n1)C(=O)NN. The molecule has 1 unspecified atom stereocenters. The summed E-state index contributed by atoms with van der Waals surface area (Å²) in [6.07, 6.45) is 1.56. The highest BCUT2D eigenvalue weighted by molar-refractivity contribution is 8.01. The summed E-state index contributed by atoms with van der Waals surface area (Å²) in [5, 5.41) is 31.8. The van der Waals surface area contributed by atoms with Gasteiger partial charge in [-0.25, -0.2) is 25.1 Å². The second kappa shape index (κ2) is 12.4. The van der Waals surface area contributed by atoms with Gasteiger partial charge in [0.1, 0.15) is 27.8 Å². The van der Waals surface area contributed by atoms with Crippen LogP contribution in [0.15, 0.2) is 45.2 Å². The summed E-state index contributed by atoms with van der Waals surface area (Å²) in [5.74, 6) is 2.20. The summed E-state index contributed by atoms with van der Waals surface area (Å²) in [7, 11) is 0. The number of oxime groups is 1. The van der Waals surface area contributed by atoms with Crippen LogP contribution in [0, 0.1) is 0 Å². The number of aliphatic hydroxyl groups is 1. The highest BCUT2D eigenvalue weighted by atomic mass is 32.2. The topological polar surface area (TPSA) is 253 Å². The van der Waals surface area contributed by atoms with Gasteiger partial charge >= 0.3 is 5.97 Å². The number of fused-ring (bicyclic) bond motifs is 2. The van der Waals surface area contributed by atoms with Gasteiger partial charge in [-0.2, -0.15) is 5.10 Å². The molecule has 0 saturated carbocycles. The van der Waals surface area contributed by atoms with Crippen LogP contribution in [0.3, 0.4) is 0 Å². The Kier molecular flexibility index (Phi) is 8.79. The lowest BCUT2D eigenvalue weighted by atomic mass is 10.0. The Labute approximate surface area is 261 Å². The number of carboxylic acids is 1. The molecule has 1 fully saturated rings. The van der Waals surface area contributed by atoms with Crippen LogP contribution in [0.5, 0.6) is 0 Å². The fourth-order valence-corrected chi connectivity index (χ4v) is 7.32. The number of anilines is 1. The van der Waals surface area contributed by atoms with Crippen molar-refractivity contribution in [2.75, 3.05) is 17.2 Å². The van der Waals surface area contributed by atoms with E-state index in [1.807, 2.05) is 5.43 Å². The van der Waals surface area contributed by atoms with E-state index in [1.165, 1.54) is 42.8 Å². The number of hydrogen-bond donors (Lipinski definition) is 6. The number of aromatic nitrogens is 4. The van der Waals surface area contributed by atoms with Gasteiger partial charge in [-0.1, -0.05) is 5.16 Å². The zero-order valence-electron chi connectivity index (χ0n) is 23.1. The summed E-state index contributed by atoms with van der Waals surface area (Å²) in [6.45, 7) is 2.48. The summed E-state index contributed by atoms with van der Waals surface area (Å²) >= 11 is 3.62. The molecule has 20 heteroatoms. The summed E-state index contributed by atoms with van der Waals surface area (Å²) < 4.78 is 1.58. The van der Waals surface area contributed by atoms with E-state index in [0.29, 0.717) is 21.9 Å². The van der Waals surface area contributed by atoms with Crippen molar-refractivity contribution in [1.29, 1.82) is 0 Å². The highest BCUT2D eigenvalue weighted by Gasteiger charge is 2.54. The number of rotatable bonds is 11. The molecule has 0 spiro atoms. The van der Waals surface area contributed by atoms with Crippen molar-refractivity contribution in [2.45, 2.75) is 42.5 Å². The van der Waals surface area contributed by atoms with E-state index in [0.717, 1.165) is 16.2 Å². The average Bonchev–Trinajstić information content (AvgIpc) is 3.66. The first-order chi connectivity index (χ1) is 20.9. The molecule has 0 aromatic carbocycles. The molecule has 44 heavy (non-hydrogen) atoms. The lowest BCUT2D eigenvalue weighted by Crippen LogP contribution is -2.71. The Morgan fingerprint density at radius 1 is 1.32 bits per heavy atom. The number of hydrogen-bond acceptors (Lipinski definition) is 15. The lowest BCUT2D eigenvalue weighted by molar-refractivity contribution is -0.150. The number of aliphatic carboxylic acids is 1. The third kappa shape index (κ3) is 5.93. The monoisotopic (exact) mass is 662 g/mol. The van der Waals surface area contributed by atoms with Crippen LogP contribution in [0.25, 0.3) is 5.65 Å². The van der Waals surface area contributed by atoms with Crippen LogP contribution in [0.4, 0.5) is 5.13 Å². The van der Waals surface area contributed by atoms with Gasteiger partial charge < -0.3 is 26.1 Å². The number of nitrogens with one attached hydrogen (secondary N) is 2.